The van der Waals surface area contributed by atoms with E-state index in [0.29, 0.717) is 5.56 Å². The summed E-state index contributed by atoms with van der Waals surface area (Å²) >= 11 is 0. The zero-order valence-electron chi connectivity index (χ0n) is 22.3. The quantitative estimate of drug-likeness (QED) is 0.329. The van der Waals surface area contributed by atoms with Crippen LogP contribution in [0.4, 0.5) is 8.78 Å². The van der Waals surface area contributed by atoms with Crippen LogP contribution in [0.5, 0.6) is 0 Å². The molecule has 2 aromatic carbocycles. The Balaban J connectivity index is 0.000000228. The highest BCUT2D eigenvalue weighted by Gasteiger charge is 2.13. The van der Waals surface area contributed by atoms with Crippen molar-refractivity contribution in [2.24, 2.45) is 11.8 Å². The molecule has 0 atom stereocenters. The molecule has 0 aliphatic heterocycles. The summed E-state index contributed by atoms with van der Waals surface area (Å²) in [5, 5.41) is 0. The molecule has 4 heteroatoms. The fraction of sp³-hybridized carbons (Fsp3) is 0.467. The first-order valence-corrected chi connectivity index (χ1v) is 12.2. The van der Waals surface area contributed by atoms with Gasteiger partial charge in [0.25, 0.3) is 0 Å². The molecule has 0 saturated heterocycles. The van der Waals surface area contributed by atoms with E-state index >= 15 is 0 Å². The minimum atomic E-state index is -0.475. The van der Waals surface area contributed by atoms with Gasteiger partial charge in [0.2, 0.25) is 0 Å². The van der Waals surface area contributed by atoms with Crippen molar-refractivity contribution in [1.29, 1.82) is 0 Å². The molecule has 186 valence electrons. The lowest BCUT2D eigenvalue weighted by Crippen LogP contribution is -2.08. The number of benzene rings is 2. The highest BCUT2D eigenvalue weighted by molar-refractivity contribution is 5.23. The van der Waals surface area contributed by atoms with E-state index in [1.807, 2.05) is 26.2 Å². The Morgan fingerprint density at radius 1 is 0.588 bits per heavy atom. The topological polar surface area (TPSA) is 25.8 Å². The maximum absolute atomic E-state index is 12.6. The Morgan fingerprint density at radius 3 is 1.26 bits per heavy atom. The van der Waals surface area contributed by atoms with Crippen molar-refractivity contribution >= 4 is 0 Å². The fourth-order valence-electron chi connectivity index (χ4n) is 3.29. The Bertz CT molecular complexity index is 840. The Kier molecular flexibility index (Phi) is 13.2. The lowest BCUT2D eigenvalue weighted by atomic mass is 9.84. The number of aromatic nitrogens is 2. The molecule has 1 aliphatic rings. The van der Waals surface area contributed by atoms with Gasteiger partial charge in [-0.3, -0.25) is 0 Å². The molecule has 0 bridgehead atoms. The van der Waals surface area contributed by atoms with Gasteiger partial charge in [0.1, 0.15) is 17.5 Å². The monoisotopic (exact) mass is 468 g/mol. The summed E-state index contributed by atoms with van der Waals surface area (Å²) in [6.45, 7) is 15.9. The van der Waals surface area contributed by atoms with E-state index in [-0.39, 0.29) is 5.56 Å². The predicted octanol–water partition coefficient (Wildman–Crippen LogP) is 8.81. The fourth-order valence-corrected chi connectivity index (χ4v) is 3.29. The molecule has 1 aromatic heterocycles. The van der Waals surface area contributed by atoms with Crippen molar-refractivity contribution in [2.45, 2.75) is 81.1 Å². The first-order valence-electron chi connectivity index (χ1n) is 12.2. The van der Waals surface area contributed by atoms with Gasteiger partial charge in [-0.05, 0) is 76.6 Å². The van der Waals surface area contributed by atoms with Gasteiger partial charge in [0.05, 0.1) is 0 Å². The van der Waals surface area contributed by atoms with E-state index in [4.69, 9.17) is 0 Å². The maximum Gasteiger partial charge on any atom is 0.129 e. The van der Waals surface area contributed by atoms with Crippen LogP contribution in [0, 0.1) is 65.0 Å². The Morgan fingerprint density at radius 2 is 0.941 bits per heavy atom. The first-order chi connectivity index (χ1) is 16.0. The zero-order chi connectivity index (χ0) is 25.7. The summed E-state index contributed by atoms with van der Waals surface area (Å²) in [7, 11) is 0. The second-order valence-corrected chi connectivity index (χ2v) is 9.68. The molecular weight excluding hydrogens is 426 g/mol. The van der Waals surface area contributed by atoms with Gasteiger partial charge in [-0.1, -0.05) is 74.9 Å². The van der Waals surface area contributed by atoms with E-state index in [0.717, 1.165) is 23.2 Å². The van der Waals surface area contributed by atoms with Gasteiger partial charge in [-0.2, -0.15) is 0 Å². The SMILES string of the molecule is CC1CCC(C)CC1.Cc1cc(F)c(C)c(F)c1.Cc1ccc(C)cc1.Cc1cnc(C)nc1. The minimum absolute atomic E-state index is 0.0885. The van der Waals surface area contributed by atoms with E-state index in [2.05, 4.69) is 61.9 Å². The van der Waals surface area contributed by atoms with Crippen LogP contribution in [-0.4, -0.2) is 9.97 Å². The summed E-state index contributed by atoms with van der Waals surface area (Å²) in [4.78, 5) is 7.94. The third kappa shape index (κ3) is 12.6. The minimum Gasteiger partial charge on any atom is -0.241 e. The largest absolute Gasteiger partial charge is 0.241 e. The highest BCUT2D eigenvalue weighted by Crippen LogP contribution is 2.27. The second-order valence-electron chi connectivity index (χ2n) is 9.68. The first kappa shape index (κ1) is 29.4. The van der Waals surface area contributed by atoms with Crippen molar-refractivity contribution in [3.63, 3.8) is 0 Å². The van der Waals surface area contributed by atoms with Crippen LogP contribution in [0.1, 0.15) is 73.2 Å². The van der Waals surface area contributed by atoms with Crippen LogP contribution in [0.3, 0.4) is 0 Å². The van der Waals surface area contributed by atoms with E-state index < -0.39 is 11.6 Å². The average Bonchev–Trinajstić information content (AvgIpc) is 2.79. The molecule has 3 aromatic rings. The number of nitrogens with zero attached hydrogens (tertiary/aromatic N) is 2. The van der Waals surface area contributed by atoms with E-state index in [9.17, 15) is 8.78 Å². The van der Waals surface area contributed by atoms with Gasteiger partial charge in [0.15, 0.2) is 0 Å². The smallest absolute Gasteiger partial charge is 0.129 e. The molecule has 1 fully saturated rings. The average molecular weight is 469 g/mol. The maximum atomic E-state index is 12.6. The van der Waals surface area contributed by atoms with E-state index in [1.54, 1.807) is 6.92 Å². The number of rotatable bonds is 0. The van der Waals surface area contributed by atoms with Crippen LogP contribution in [0.2, 0.25) is 0 Å². The summed E-state index contributed by atoms with van der Waals surface area (Å²) in [6, 6.07) is 11.1. The van der Waals surface area contributed by atoms with Gasteiger partial charge in [-0.15, -0.1) is 0 Å². The molecule has 2 nitrogen and oxygen atoms in total. The van der Waals surface area contributed by atoms with Crippen LogP contribution in [0.15, 0.2) is 48.8 Å². The Labute approximate surface area is 205 Å². The Hall–Kier alpha value is -2.62. The van der Waals surface area contributed by atoms with Crippen molar-refractivity contribution in [2.75, 3.05) is 0 Å². The molecule has 34 heavy (non-hydrogen) atoms. The molecule has 0 amide bonds. The lowest BCUT2D eigenvalue weighted by molar-refractivity contribution is 0.308. The zero-order valence-corrected chi connectivity index (χ0v) is 22.3. The molecule has 4 rings (SSSR count). The standard InChI is InChI=1S/C8H8F2.C8H16.C8H10.C6H8N2/c1-5-3-7(9)6(2)8(10)4-5;2*1-7-3-5-8(2)6-4-7;1-5-3-7-6(2)8-4-5/h3-4H,1-2H3;7-8H,3-6H2,1-2H3;3-6H,1-2H3;3-4H,1-2H3. The number of halogens is 2. The van der Waals surface area contributed by atoms with Crippen molar-refractivity contribution < 1.29 is 8.78 Å². The molecule has 1 aliphatic carbocycles. The van der Waals surface area contributed by atoms with Crippen LogP contribution in [-0.2, 0) is 0 Å². The van der Waals surface area contributed by atoms with Crippen molar-refractivity contribution in [3.8, 4) is 0 Å². The second kappa shape index (κ2) is 15.3. The molecular formula is C30H42F2N2. The normalized spacial score (nSPS) is 16.6. The lowest BCUT2D eigenvalue weighted by Gasteiger charge is -2.22. The molecule has 0 radical (unpaired) electrons. The number of aryl methyl sites for hydroxylation is 5. The van der Waals surface area contributed by atoms with Gasteiger partial charge in [0, 0.05) is 18.0 Å². The number of hydrogen-bond acceptors (Lipinski definition) is 2. The molecule has 1 saturated carbocycles. The molecule has 0 spiro atoms. The predicted molar refractivity (Wildman–Crippen MR) is 140 cm³/mol. The van der Waals surface area contributed by atoms with Crippen molar-refractivity contribution in [3.05, 3.63) is 94.1 Å². The summed E-state index contributed by atoms with van der Waals surface area (Å²) in [5.41, 5.74) is 4.47. The third-order valence-electron chi connectivity index (χ3n) is 5.86. The molecule has 1 heterocycles. The summed E-state index contributed by atoms with van der Waals surface area (Å²) in [5.74, 6) is 1.92. The van der Waals surface area contributed by atoms with Crippen molar-refractivity contribution in [1.82, 2.24) is 9.97 Å². The van der Waals surface area contributed by atoms with E-state index in [1.165, 1.54) is 55.9 Å². The third-order valence-corrected chi connectivity index (χ3v) is 5.86. The van der Waals surface area contributed by atoms with Crippen LogP contribution < -0.4 is 0 Å². The van der Waals surface area contributed by atoms with Gasteiger partial charge in [-0.25, -0.2) is 18.7 Å². The van der Waals surface area contributed by atoms with Gasteiger partial charge < -0.3 is 0 Å². The summed E-state index contributed by atoms with van der Waals surface area (Å²) in [6.07, 6.45) is 9.51. The van der Waals surface area contributed by atoms with Crippen LogP contribution >= 0.6 is 0 Å². The molecule has 0 N–H and O–H groups in total. The van der Waals surface area contributed by atoms with Crippen LogP contribution in [0.25, 0.3) is 0 Å². The highest BCUT2D eigenvalue weighted by atomic mass is 19.1. The van der Waals surface area contributed by atoms with Gasteiger partial charge >= 0.3 is 0 Å². The summed E-state index contributed by atoms with van der Waals surface area (Å²) < 4.78 is 25.2. The number of hydrogen-bond donors (Lipinski definition) is 0. The molecule has 0 unspecified atom stereocenters.